The SMILES string of the molecule is CC1CC=C(c2ccc(Cl)c(OC(F)F)c2)N(CC(=O)O)C1=O. The lowest BCUT2D eigenvalue weighted by atomic mass is 9.97. The highest BCUT2D eigenvalue weighted by Gasteiger charge is 2.30. The van der Waals surface area contributed by atoms with Crippen molar-refractivity contribution < 1.29 is 28.2 Å². The first-order valence-corrected chi connectivity index (χ1v) is 7.15. The largest absolute Gasteiger partial charge is 0.480 e. The minimum absolute atomic E-state index is 0.00469. The van der Waals surface area contributed by atoms with Crippen molar-refractivity contribution in [3.8, 4) is 5.75 Å². The molecule has 1 amide bonds. The Hall–Kier alpha value is -2.15. The molecule has 1 aliphatic heterocycles. The molecule has 1 N–H and O–H groups in total. The Kier molecular flexibility index (Phi) is 5.20. The van der Waals surface area contributed by atoms with Crippen molar-refractivity contribution in [1.82, 2.24) is 4.90 Å². The summed E-state index contributed by atoms with van der Waals surface area (Å²) in [7, 11) is 0. The first kappa shape index (κ1) is 17.2. The molecule has 0 fully saturated rings. The van der Waals surface area contributed by atoms with E-state index in [-0.39, 0.29) is 22.6 Å². The highest BCUT2D eigenvalue weighted by Crippen LogP contribution is 2.34. The van der Waals surface area contributed by atoms with E-state index in [1.807, 2.05) is 0 Å². The van der Waals surface area contributed by atoms with E-state index in [1.165, 1.54) is 18.2 Å². The van der Waals surface area contributed by atoms with Crippen LogP contribution in [0.25, 0.3) is 5.70 Å². The zero-order valence-corrected chi connectivity index (χ0v) is 12.9. The maximum Gasteiger partial charge on any atom is 0.387 e. The topological polar surface area (TPSA) is 66.8 Å². The number of halogens is 3. The summed E-state index contributed by atoms with van der Waals surface area (Å²) >= 11 is 5.80. The van der Waals surface area contributed by atoms with Gasteiger partial charge in [0.1, 0.15) is 12.3 Å². The monoisotopic (exact) mass is 345 g/mol. The third-order valence-corrected chi connectivity index (χ3v) is 3.69. The minimum atomic E-state index is -3.04. The summed E-state index contributed by atoms with van der Waals surface area (Å²) in [5.41, 5.74) is 0.720. The number of aliphatic carboxylic acids is 1. The van der Waals surface area contributed by atoms with Gasteiger partial charge in [0.15, 0.2) is 0 Å². The van der Waals surface area contributed by atoms with E-state index in [9.17, 15) is 18.4 Å². The molecule has 1 aliphatic rings. The Morgan fingerprint density at radius 2 is 2.22 bits per heavy atom. The quantitative estimate of drug-likeness (QED) is 0.889. The highest BCUT2D eigenvalue weighted by atomic mass is 35.5. The molecule has 5 nitrogen and oxygen atoms in total. The molecule has 0 aliphatic carbocycles. The van der Waals surface area contributed by atoms with Crippen LogP contribution in [0, 0.1) is 5.92 Å². The van der Waals surface area contributed by atoms with E-state index < -0.39 is 19.1 Å². The smallest absolute Gasteiger partial charge is 0.387 e. The number of rotatable bonds is 5. The third kappa shape index (κ3) is 3.98. The van der Waals surface area contributed by atoms with Gasteiger partial charge in [-0.2, -0.15) is 8.78 Å². The van der Waals surface area contributed by atoms with E-state index >= 15 is 0 Å². The van der Waals surface area contributed by atoms with Gasteiger partial charge in [-0.25, -0.2) is 0 Å². The van der Waals surface area contributed by atoms with Gasteiger partial charge in [0.25, 0.3) is 0 Å². The number of hydrogen-bond acceptors (Lipinski definition) is 3. The lowest BCUT2D eigenvalue weighted by molar-refractivity contribution is -0.143. The van der Waals surface area contributed by atoms with Crippen molar-refractivity contribution in [2.45, 2.75) is 20.0 Å². The van der Waals surface area contributed by atoms with Gasteiger partial charge in [-0.1, -0.05) is 30.7 Å². The number of carboxylic acid groups (broad SMARTS) is 1. The molecule has 1 atom stereocenters. The predicted molar refractivity (Wildman–Crippen MR) is 79.2 cm³/mol. The molecule has 8 heteroatoms. The Morgan fingerprint density at radius 1 is 1.52 bits per heavy atom. The molecule has 2 rings (SSSR count). The van der Waals surface area contributed by atoms with Crippen molar-refractivity contribution >= 4 is 29.2 Å². The van der Waals surface area contributed by atoms with E-state index in [1.54, 1.807) is 13.0 Å². The fourth-order valence-corrected chi connectivity index (χ4v) is 2.47. The van der Waals surface area contributed by atoms with Crippen molar-refractivity contribution in [1.29, 1.82) is 0 Å². The van der Waals surface area contributed by atoms with Crippen LogP contribution >= 0.6 is 11.6 Å². The summed E-state index contributed by atoms with van der Waals surface area (Å²) in [6.07, 6.45) is 2.13. The highest BCUT2D eigenvalue weighted by molar-refractivity contribution is 6.32. The van der Waals surface area contributed by atoms with Gasteiger partial charge in [0.2, 0.25) is 5.91 Å². The van der Waals surface area contributed by atoms with E-state index in [0.29, 0.717) is 17.7 Å². The Labute approximate surface area is 136 Å². The number of ether oxygens (including phenoxy) is 1. The van der Waals surface area contributed by atoms with Gasteiger partial charge in [-0.3, -0.25) is 9.59 Å². The van der Waals surface area contributed by atoms with Crippen molar-refractivity contribution in [3.63, 3.8) is 0 Å². The number of nitrogens with zero attached hydrogens (tertiary/aromatic N) is 1. The minimum Gasteiger partial charge on any atom is -0.480 e. The summed E-state index contributed by atoms with van der Waals surface area (Å²) in [6, 6.07) is 4.14. The van der Waals surface area contributed by atoms with Gasteiger partial charge in [-0.05, 0) is 18.6 Å². The Balaban J connectivity index is 2.41. The van der Waals surface area contributed by atoms with Gasteiger partial charge in [-0.15, -0.1) is 0 Å². The molecular weight excluding hydrogens is 332 g/mol. The van der Waals surface area contributed by atoms with Gasteiger partial charge >= 0.3 is 12.6 Å². The fourth-order valence-electron chi connectivity index (χ4n) is 2.31. The Bertz CT molecular complexity index is 663. The first-order valence-electron chi connectivity index (χ1n) is 6.77. The summed E-state index contributed by atoms with van der Waals surface area (Å²) in [6.45, 7) is -1.86. The van der Waals surface area contributed by atoms with Crippen molar-refractivity contribution in [2.24, 2.45) is 5.92 Å². The number of carbonyl (C=O) groups excluding carboxylic acids is 1. The molecule has 0 saturated carbocycles. The summed E-state index contributed by atoms with van der Waals surface area (Å²) in [5, 5.41) is 8.98. The van der Waals surface area contributed by atoms with Crippen molar-refractivity contribution in [2.75, 3.05) is 6.54 Å². The zero-order valence-electron chi connectivity index (χ0n) is 12.1. The average Bonchev–Trinajstić information content (AvgIpc) is 2.46. The van der Waals surface area contributed by atoms with Crippen LogP contribution in [0.1, 0.15) is 18.9 Å². The van der Waals surface area contributed by atoms with Crippen LogP contribution in [0.15, 0.2) is 24.3 Å². The zero-order chi connectivity index (χ0) is 17.1. The molecule has 0 saturated heterocycles. The van der Waals surface area contributed by atoms with Crippen LogP contribution in [-0.4, -0.2) is 35.0 Å². The maximum atomic E-state index is 12.4. The second kappa shape index (κ2) is 6.95. The summed E-state index contributed by atoms with van der Waals surface area (Å²) in [5.74, 6) is -2.09. The predicted octanol–water partition coefficient (Wildman–Crippen LogP) is 3.24. The van der Waals surface area contributed by atoms with E-state index in [2.05, 4.69) is 4.74 Å². The second-order valence-electron chi connectivity index (χ2n) is 5.07. The van der Waals surface area contributed by atoms with Crippen LogP contribution in [0.4, 0.5) is 8.78 Å². The van der Waals surface area contributed by atoms with E-state index in [4.69, 9.17) is 16.7 Å². The molecule has 1 aromatic rings. The van der Waals surface area contributed by atoms with Gasteiger partial charge < -0.3 is 14.7 Å². The first-order chi connectivity index (χ1) is 10.8. The van der Waals surface area contributed by atoms with Crippen molar-refractivity contribution in [3.05, 3.63) is 34.9 Å². The number of carboxylic acids is 1. The standard InChI is InChI=1S/C15H14ClF2NO4/c1-8-2-5-11(19(14(8)22)7-13(20)21)9-3-4-10(16)12(6-9)23-15(17)18/h3-6,8,15H,2,7H2,1H3,(H,20,21). The normalized spacial score (nSPS) is 18.1. The molecular formula is C15H14ClF2NO4. The molecule has 23 heavy (non-hydrogen) atoms. The molecule has 0 aromatic heterocycles. The summed E-state index contributed by atoms with van der Waals surface area (Å²) in [4.78, 5) is 24.3. The van der Waals surface area contributed by atoms with Crippen LogP contribution in [0.5, 0.6) is 5.75 Å². The number of alkyl halides is 2. The second-order valence-corrected chi connectivity index (χ2v) is 5.48. The molecule has 1 aromatic carbocycles. The van der Waals surface area contributed by atoms with Crippen LogP contribution in [-0.2, 0) is 9.59 Å². The summed E-state index contributed by atoms with van der Waals surface area (Å²) < 4.78 is 29.1. The maximum absolute atomic E-state index is 12.4. The fraction of sp³-hybridized carbons (Fsp3) is 0.333. The van der Waals surface area contributed by atoms with Crippen LogP contribution < -0.4 is 4.74 Å². The third-order valence-electron chi connectivity index (χ3n) is 3.38. The molecule has 1 unspecified atom stereocenters. The molecule has 0 radical (unpaired) electrons. The molecule has 0 spiro atoms. The molecule has 124 valence electrons. The number of hydrogen-bond donors (Lipinski definition) is 1. The number of allylic oxidation sites excluding steroid dienone is 1. The van der Waals surface area contributed by atoms with Crippen LogP contribution in [0.3, 0.4) is 0 Å². The van der Waals surface area contributed by atoms with E-state index in [0.717, 1.165) is 4.90 Å². The number of carbonyl (C=O) groups is 2. The average molecular weight is 346 g/mol. The molecule has 1 heterocycles. The molecule has 0 bridgehead atoms. The van der Waals surface area contributed by atoms with Crippen LogP contribution in [0.2, 0.25) is 5.02 Å². The Morgan fingerprint density at radius 3 is 2.83 bits per heavy atom. The number of amides is 1. The lowest BCUT2D eigenvalue weighted by Crippen LogP contribution is -2.39. The van der Waals surface area contributed by atoms with Gasteiger partial charge in [0.05, 0.1) is 5.02 Å². The van der Waals surface area contributed by atoms with Gasteiger partial charge in [0, 0.05) is 17.2 Å². The number of benzene rings is 1. The lowest BCUT2D eigenvalue weighted by Gasteiger charge is -2.31.